The zero-order valence-corrected chi connectivity index (χ0v) is 13.4. The Morgan fingerprint density at radius 2 is 2.24 bits per heavy atom. The molecule has 1 rings (SSSR count). The van der Waals surface area contributed by atoms with Gasteiger partial charge in [-0.3, -0.25) is 0 Å². The molecular weight excluding hydrogens is 292 g/mol. The van der Waals surface area contributed by atoms with Gasteiger partial charge >= 0.3 is 0 Å². The number of furan rings is 1. The SMILES string of the molecule is C=CCN(CCO)S(=O)(=O)c1cc(CNCCC)oc1C. The fraction of sp³-hybridized carbons (Fsp3) is 0.571. The van der Waals surface area contributed by atoms with E-state index in [4.69, 9.17) is 9.52 Å². The molecule has 1 aromatic heterocycles. The van der Waals surface area contributed by atoms with Crippen molar-refractivity contribution in [3.8, 4) is 0 Å². The van der Waals surface area contributed by atoms with E-state index in [2.05, 4.69) is 18.8 Å². The lowest BCUT2D eigenvalue weighted by Crippen LogP contribution is -2.33. The topological polar surface area (TPSA) is 82.8 Å². The molecule has 120 valence electrons. The van der Waals surface area contributed by atoms with Crippen molar-refractivity contribution in [2.75, 3.05) is 26.2 Å². The highest BCUT2D eigenvalue weighted by atomic mass is 32.2. The molecule has 0 radical (unpaired) electrons. The van der Waals surface area contributed by atoms with Crippen LogP contribution in [-0.4, -0.2) is 44.1 Å². The van der Waals surface area contributed by atoms with Crippen LogP contribution >= 0.6 is 0 Å². The minimum Gasteiger partial charge on any atom is -0.464 e. The number of aliphatic hydroxyl groups is 1. The van der Waals surface area contributed by atoms with Gasteiger partial charge in [0.05, 0.1) is 13.2 Å². The Labute approximate surface area is 126 Å². The summed E-state index contributed by atoms with van der Waals surface area (Å²) in [5, 5.41) is 12.2. The molecule has 0 aromatic carbocycles. The summed E-state index contributed by atoms with van der Waals surface area (Å²) in [6.07, 6.45) is 2.49. The van der Waals surface area contributed by atoms with Crippen molar-refractivity contribution in [1.82, 2.24) is 9.62 Å². The molecule has 0 atom stereocenters. The molecule has 2 N–H and O–H groups in total. The van der Waals surface area contributed by atoms with Gasteiger partial charge in [0.15, 0.2) is 0 Å². The van der Waals surface area contributed by atoms with Crippen LogP contribution in [0.2, 0.25) is 0 Å². The van der Waals surface area contributed by atoms with Crippen LogP contribution in [0.3, 0.4) is 0 Å². The smallest absolute Gasteiger partial charge is 0.246 e. The summed E-state index contributed by atoms with van der Waals surface area (Å²) in [5.41, 5.74) is 0. The molecule has 0 aliphatic carbocycles. The fourth-order valence-electron chi connectivity index (χ4n) is 1.96. The monoisotopic (exact) mass is 316 g/mol. The highest BCUT2D eigenvalue weighted by molar-refractivity contribution is 7.89. The largest absolute Gasteiger partial charge is 0.464 e. The van der Waals surface area contributed by atoms with Gasteiger partial charge in [-0.05, 0) is 19.9 Å². The maximum atomic E-state index is 12.6. The number of aryl methyl sites for hydroxylation is 1. The first-order chi connectivity index (χ1) is 9.97. The third kappa shape index (κ3) is 4.67. The van der Waals surface area contributed by atoms with Gasteiger partial charge in [0.2, 0.25) is 10.0 Å². The van der Waals surface area contributed by atoms with E-state index in [0.717, 1.165) is 13.0 Å². The van der Waals surface area contributed by atoms with Crippen molar-refractivity contribution in [3.63, 3.8) is 0 Å². The first-order valence-corrected chi connectivity index (χ1v) is 8.43. The summed E-state index contributed by atoms with van der Waals surface area (Å²) < 4.78 is 31.8. The molecule has 1 aromatic rings. The van der Waals surface area contributed by atoms with Gasteiger partial charge in [0.1, 0.15) is 16.4 Å². The molecule has 1 heterocycles. The molecule has 0 saturated heterocycles. The molecule has 0 saturated carbocycles. The quantitative estimate of drug-likeness (QED) is 0.501. The lowest BCUT2D eigenvalue weighted by molar-refractivity contribution is 0.260. The minimum atomic E-state index is -3.69. The molecule has 6 nitrogen and oxygen atoms in total. The first kappa shape index (κ1) is 17.9. The third-order valence-corrected chi connectivity index (χ3v) is 4.92. The highest BCUT2D eigenvalue weighted by Gasteiger charge is 2.27. The van der Waals surface area contributed by atoms with Crippen LogP contribution in [0.25, 0.3) is 0 Å². The van der Waals surface area contributed by atoms with Crippen molar-refractivity contribution < 1.29 is 17.9 Å². The van der Waals surface area contributed by atoms with E-state index in [1.54, 1.807) is 13.0 Å². The van der Waals surface area contributed by atoms with E-state index in [1.165, 1.54) is 10.4 Å². The van der Waals surface area contributed by atoms with E-state index < -0.39 is 10.0 Å². The van der Waals surface area contributed by atoms with Crippen LogP contribution in [0, 0.1) is 6.92 Å². The molecule has 0 aliphatic rings. The van der Waals surface area contributed by atoms with Crippen LogP contribution in [0.4, 0.5) is 0 Å². The molecule has 0 unspecified atom stereocenters. The average molecular weight is 316 g/mol. The maximum absolute atomic E-state index is 12.6. The second-order valence-corrected chi connectivity index (χ2v) is 6.59. The van der Waals surface area contributed by atoms with Crippen LogP contribution in [-0.2, 0) is 16.6 Å². The Hall–Kier alpha value is -1.15. The standard InChI is InChI=1S/C14H24N2O4S/c1-4-6-15-11-13-10-14(12(3)20-13)21(18,19)16(7-5-2)8-9-17/h5,10,15,17H,2,4,6-9,11H2,1,3H3. The Morgan fingerprint density at radius 1 is 1.52 bits per heavy atom. The highest BCUT2D eigenvalue weighted by Crippen LogP contribution is 2.23. The van der Waals surface area contributed by atoms with Crippen molar-refractivity contribution >= 4 is 10.0 Å². The van der Waals surface area contributed by atoms with Gasteiger partial charge in [-0.2, -0.15) is 4.31 Å². The Bertz CT molecular complexity index is 551. The average Bonchev–Trinajstić information content (AvgIpc) is 2.81. The van der Waals surface area contributed by atoms with Crippen molar-refractivity contribution in [1.29, 1.82) is 0 Å². The van der Waals surface area contributed by atoms with Crippen LogP contribution in [0.5, 0.6) is 0 Å². The zero-order valence-electron chi connectivity index (χ0n) is 12.6. The number of hydrogen-bond acceptors (Lipinski definition) is 5. The molecular formula is C14H24N2O4S. The van der Waals surface area contributed by atoms with Gasteiger partial charge in [-0.15, -0.1) is 6.58 Å². The number of nitrogens with zero attached hydrogens (tertiary/aromatic N) is 1. The van der Waals surface area contributed by atoms with Crippen molar-refractivity contribution in [2.24, 2.45) is 0 Å². The molecule has 0 amide bonds. The molecule has 0 bridgehead atoms. The number of aliphatic hydroxyl groups excluding tert-OH is 1. The van der Waals surface area contributed by atoms with Gasteiger partial charge < -0.3 is 14.8 Å². The first-order valence-electron chi connectivity index (χ1n) is 6.99. The Kier molecular flexibility index (Phi) is 7.10. The van der Waals surface area contributed by atoms with E-state index in [0.29, 0.717) is 18.1 Å². The normalized spacial score (nSPS) is 12.0. The minimum absolute atomic E-state index is 0.0302. The predicted molar refractivity (Wildman–Crippen MR) is 81.5 cm³/mol. The molecule has 0 aliphatic heterocycles. The van der Waals surface area contributed by atoms with Crippen LogP contribution in [0.1, 0.15) is 24.9 Å². The molecule has 7 heteroatoms. The number of sulfonamides is 1. The molecule has 21 heavy (non-hydrogen) atoms. The van der Waals surface area contributed by atoms with Crippen molar-refractivity contribution in [2.45, 2.75) is 31.7 Å². The van der Waals surface area contributed by atoms with Gasteiger partial charge in [0, 0.05) is 19.2 Å². The fourth-order valence-corrected chi connectivity index (χ4v) is 3.55. The summed E-state index contributed by atoms with van der Waals surface area (Å²) in [6.45, 7) is 8.50. The number of hydrogen-bond donors (Lipinski definition) is 2. The van der Waals surface area contributed by atoms with Gasteiger partial charge in [-0.25, -0.2) is 8.42 Å². The van der Waals surface area contributed by atoms with Crippen LogP contribution < -0.4 is 5.32 Å². The summed E-state index contributed by atoms with van der Waals surface area (Å²) >= 11 is 0. The summed E-state index contributed by atoms with van der Waals surface area (Å²) in [4.78, 5) is 0.145. The van der Waals surface area contributed by atoms with Crippen molar-refractivity contribution in [3.05, 3.63) is 30.2 Å². The second-order valence-electron chi connectivity index (χ2n) is 4.69. The molecule has 0 spiro atoms. The van der Waals surface area contributed by atoms with Crippen LogP contribution in [0.15, 0.2) is 28.0 Å². The summed E-state index contributed by atoms with van der Waals surface area (Å²) in [6, 6.07) is 1.54. The Morgan fingerprint density at radius 3 is 2.81 bits per heavy atom. The number of rotatable bonds is 10. The van der Waals surface area contributed by atoms with Gasteiger partial charge in [0.25, 0.3) is 0 Å². The zero-order chi connectivity index (χ0) is 15.9. The van der Waals surface area contributed by atoms with E-state index in [-0.39, 0.29) is 24.6 Å². The molecule has 0 fully saturated rings. The van der Waals surface area contributed by atoms with E-state index >= 15 is 0 Å². The lowest BCUT2D eigenvalue weighted by atomic mass is 10.4. The Balaban J connectivity index is 2.98. The second kappa shape index (κ2) is 8.33. The van der Waals surface area contributed by atoms with E-state index in [9.17, 15) is 8.42 Å². The van der Waals surface area contributed by atoms with Gasteiger partial charge in [-0.1, -0.05) is 13.0 Å². The third-order valence-electron chi connectivity index (χ3n) is 2.95. The predicted octanol–water partition coefficient (Wildman–Crippen LogP) is 1.26. The number of nitrogens with one attached hydrogen (secondary N) is 1. The maximum Gasteiger partial charge on any atom is 0.246 e. The summed E-state index contributed by atoms with van der Waals surface area (Å²) in [7, 11) is -3.69. The lowest BCUT2D eigenvalue weighted by Gasteiger charge is -2.18. The van der Waals surface area contributed by atoms with E-state index in [1.807, 2.05) is 0 Å². The summed E-state index contributed by atoms with van der Waals surface area (Å²) in [5.74, 6) is 0.942.